The van der Waals surface area contributed by atoms with Crippen molar-refractivity contribution >= 4 is 11.7 Å². The van der Waals surface area contributed by atoms with E-state index in [1.807, 2.05) is 6.92 Å². The quantitative estimate of drug-likeness (QED) is 0.796. The number of carboxylic acids is 1. The first-order valence-electron chi connectivity index (χ1n) is 5.05. The van der Waals surface area contributed by atoms with Crippen molar-refractivity contribution in [1.82, 2.24) is 19.6 Å². The highest BCUT2D eigenvalue weighted by atomic mass is 16.4. The van der Waals surface area contributed by atoms with E-state index in [0.29, 0.717) is 24.4 Å². The molecule has 0 aromatic carbocycles. The third kappa shape index (κ3) is 1.13. The number of fused-ring (bicyclic) bond motifs is 1. The minimum Gasteiger partial charge on any atom is -0.480 e. The largest absolute Gasteiger partial charge is 0.480 e. The molecule has 1 fully saturated rings. The lowest BCUT2D eigenvalue weighted by Gasteiger charge is -2.01. The molecule has 6 nitrogen and oxygen atoms in total. The molecule has 0 amide bonds. The highest BCUT2D eigenvalue weighted by molar-refractivity contribution is 5.83. The van der Waals surface area contributed by atoms with Gasteiger partial charge in [0.05, 0.1) is 0 Å². The minimum atomic E-state index is -0.860. The van der Waals surface area contributed by atoms with Gasteiger partial charge >= 0.3 is 5.97 Å². The molecule has 0 radical (unpaired) electrons. The molecule has 1 N–H and O–H groups in total. The van der Waals surface area contributed by atoms with Crippen LogP contribution in [0.3, 0.4) is 0 Å². The van der Waals surface area contributed by atoms with Crippen LogP contribution in [0.4, 0.5) is 0 Å². The Kier molecular flexibility index (Phi) is 1.61. The Bertz CT molecular complexity index is 586. The highest BCUT2D eigenvalue weighted by Gasteiger charge is 2.55. The van der Waals surface area contributed by atoms with Gasteiger partial charge in [0.2, 0.25) is 0 Å². The predicted octanol–water partition coefficient (Wildman–Crippen LogP) is 0.549. The van der Waals surface area contributed by atoms with Crippen molar-refractivity contribution in [3.8, 4) is 0 Å². The van der Waals surface area contributed by atoms with E-state index < -0.39 is 11.4 Å². The fourth-order valence-electron chi connectivity index (χ4n) is 1.74. The Hall–Kier alpha value is -1.98. The number of hydrogen-bond donors (Lipinski definition) is 1. The summed E-state index contributed by atoms with van der Waals surface area (Å²) in [6.45, 7) is 1.90. The molecule has 6 heteroatoms. The topological polar surface area (TPSA) is 80.4 Å². The van der Waals surface area contributed by atoms with Crippen molar-refractivity contribution in [3.05, 3.63) is 23.8 Å². The first-order chi connectivity index (χ1) is 7.62. The zero-order chi connectivity index (χ0) is 11.3. The number of aliphatic carboxylic acids is 1. The molecule has 0 atom stereocenters. The van der Waals surface area contributed by atoms with E-state index in [-0.39, 0.29) is 0 Å². The van der Waals surface area contributed by atoms with Gasteiger partial charge in [-0.1, -0.05) is 0 Å². The number of rotatable bonds is 2. The van der Waals surface area contributed by atoms with Crippen LogP contribution in [0.2, 0.25) is 0 Å². The first kappa shape index (κ1) is 9.26. The Morgan fingerprint density at radius 3 is 2.94 bits per heavy atom. The van der Waals surface area contributed by atoms with Crippen LogP contribution in [0, 0.1) is 6.92 Å². The summed E-state index contributed by atoms with van der Waals surface area (Å²) in [5.41, 5.74) is 0.103. The molecule has 2 aromatic rings. The van der Waals surface area contributed by atoms with Gasteiger partial charge in [-0.05, 0) is 25.3 Å². The van der Waals surface area contributed by atoms with Crippen LogP contribution in [0.15, 0.2) is 12.4 Å². The van der Waals surface area contributed by atoms with Crippen LogP contribution in [-0.4, -0.2) is 30.7 Å². The van der Waals surface area contributed by atoms with E-state index >= 15 is 0 Å². The van der Waals surface area contributed by atoms with Gasteiger partial charge in [0, 0.05) is 12.4 Å². The summed E-state index contributed by atoms with van der Waals surface area (Å²) in [7, 11) is 0. The van der Waals surface area contributed by atoms with Crippen LogP contribution >= 0.6 is 0 Å². The fourth-order valence-corrected chi connectivity index (χ4v) is 1.74. The molecule has 3 rings (SSSR count). The summed E-state index contributed by atoms with van der Waals surface area (Å²) >= 11 is 0. The summed E-state index contributed by atoms with van der Waals surface area (Å²) in [6, 6.07) is 0. The number of carbonyl (C=O) groups is 1. The van der Waals surface area contributed by atoms with Crippen LogP contribution in [-0.2, 0) is 10.2 Å². The van der Waals surface area contributed by atoms with Crippen molar-refractivity contribution in [1.29, 1.82) is 0 Å². The summed E-state index contributed by atoms with van der Waals surface area (Å²) in [5, 5.41) is 13.3. The van der Waals surface area contributed by atoms with Crippen molar-refractivity contribution in [3.63, 3.8) is 0 Å². The molecule has 1 aliphatic rings. The summed E-state index contributed by atoms with van der Waals surface area (Å²) in [5.74, 6) is -0.0219. The Morgan fingerprint density at radius 2 is 2.31 bits per heavy atom. The molecule has 2 heterocycles. The van der Waals surface area contributed by atoms with Crippen molar-refractivity contribution in [2.24, 2.45) is 0 Å². The first-order valence-corrected chi connectivity index (χ1v) is 5.05. The molecule has 0 spiro atoms. The monoisotopic (exact) mass is 218 g/mol. The predicted molar refractivity (Wildman–Crippen MR) is 54.1 cm³/mol. The van der Waals surface area contributed by atoms with Crippen molar-refractivity contribution in [2.45, 2.75) is 25.2 Å². The molecule has 0 bridgehead atoms. The van der Waals surface area contributed by atoms with Gasteiger partial charge in [-0.15, -0.1) is 5.10 Å². The molecule has 2 aromatic heterocycles. The average molecular weight is 218 g/mol. The Balaban J connectivity index is 2.16. The molecule has 1 saturated carbocycles. The van der Waals surface area contributed by atoms with Crippen LogP contribution in [0.1, 0.15) is 24.2 Å². The Morgan fingerprint density at radius 1 is 1.56 bits per heavy atom. The van der Waals surface area contributed by atoms with Crippen molar-refractivity contribution in [2.75, 3.05) is 0 Å². The van der Waals surface area contributed by atoms with E-state index in [4.69, 9.17) is 5.11 Å². The lowest BCUT2D eigenvalue weighted by Crippen LogP contribution is -2.21. The maximum absolute atomic E-state index is 11.1. The normalized spacial score (nSPS) is 17.6. The second kappa shape index (κ2) is 2.78. The standard InChI is InChI=1S/C10H10N4O2/c1-6-4-11-9-12-7(13-14(9)5-6)10(2-3-10)8(15)16/h4-5H,2-3H2,1H3,(H,15,16). The summed E-state index contributed by atoms with van der Waals surface area (Å²) < 4.78 is 1.54. The van der Waals surface area contributed by atoms with E-state index in [1.165, 1.54) is 4.52 Å². The van der Waals surface area contributed by atoms with E-state index in [9.17, 15) is 4.79 Å². The van der Waals surface area contributed by atoms with Gasteiger partial charge in [0.1, 0.15) is 5.41 Å². The average Bonchev–Trinajstić information content (AvgIpc) is 2.94. The zero-order valence-corrected chi connectivity index (χ0v) is 8.71. The Labute approximate surface area is 91.0 Å². The fraction of sp³-hybridized carbons (Fsp3) is 0.400. The smallest absolute Gasteiger partial charge is 0.317 e. The number of aryl methyl sites for hydroxylation is 1. The maximum Gasteiger partial charge on any atom is 0.317 e. The molecule has 0 saturated heterocycles. The number of hydrogen-bond acceptors (Lipinski definition) is 4. The minimum absolute atomic E-state index is 0.373. The second-order valence-electron chi connectivity index (χ2n) is 4.20. The summed E-state index contributed by atoms with van der Waals surface area (Å²) in [4.78, 5) is 19.4. The van der Waals surface area contributed by atoms with Gasteiger partial charge in [0.15, 0.2) is 5.82 Å². The van der Waals surface area contributed by atoms with E-state index in [2.05, 4.69) is 15.1 Å². The molecular weight excluding hydrogens is 208 g/mol. The molecule has 1 aliphatic carbocycles. The molecule has 82 valence electrons. The van der Waals surface area contributed by atoms with E-state index in [0.717, 1.165) is 5.56 Å². The van der Waals surface area contributed by atoms with Gasteiger partial charge in [-0.2, -0.15) is 4.98 Å². The van der Waals surface area contributed by atoms with Gasteiger partial charge in [0.25, 0.3) is 5.78 Å². The summed E-state index contributed by atoms with van der Waals surface area (Å²) in [6.07, 6.45) is 4.70. The number of aromatic nitrogens is 4. The van der Waals surface area contributed by atoms with Crippen LogP contribution in [0.25, 0.3) is 5.78 Å². The van der Waals surface area contributed by atoms with Crippen LogP contribution < -0.4 is 0 Å². The SMILES string of the molecule is Cc1cnc2nc(C3(C(=O)O)CC3)nn2c1. The molecule has 16 heavy (non-hydrogen) atoms. The zero-order valence-electron chi connectivity index (χ0n) is 8.71. The highest BCUT2D eigenvalue weighted by Crippen LogP contribution is 2.46. The molecular formula is C10H10N4O2. The van der Waals surface area contributed by atoms with Crippen LogP contribution in [0.5, 0.6) is 0 Å². The second-order valence-corrected chi connectivity index (χ2v) is 4.20. The lowest BCUT2D eigenvalue weighted by molar-refractivity contribution is -0.140. The number of carboxylic acid groups (broad SMARTS) is 1. The number of nitrogens with zero attached hydrogens (tertiary/aromatic N) is 4. The third-order valence-electron chi connectivity index (χ3n) is 2.91. The lowest BCUT2D eigenvalue weighted by atomic mass is 10.1. The van der Waals surface area contributed by atoms with Gasteiger partial charge in [-0.3, -0.25) is 4.79 Å². The third-order valence-corrected chi connectivity index (χ3v) is 2.91. The van der Waals surface area contributed by atoms with Crippen molar-refractivity contribution < 1.29 is 9.90 Å². The maximum atomic E-state index is 11.1. The molecule has 0 aliphatic heterocycles. The van der Waals surface area contributed by atoms with Gasteiger partial charge < -0.3 is 5.11 Å². The van der Waals surface area contributed by atoms with E-state index in [1.54, 1.807) is 12.4 Å². The van der Waals surface area contributed by atoms with Gasteiger partial charge in [-0.25, -0.2) is 9.50 Å². The molecule has 0 unspecified atom stereocenters.